The number of para-hydroxylation sites is 1. The van der Waals surface area contributed by atoms with E-state index in [-0.39, 0.29) is 6.09 Å². The number of rotatable bonds is 4. The van der Waals surface area contributed by atoms with Gasteiger partial charge in [-0.25, -0.2) is 4.79 Å². The molecule has 1 aliphatic rings. The number of piperidine rings is 1. The SMILES string of the molecule is CC(C)(C)OC(=O)N1CCC(COc2ccccc2-c2cc(N)no2)CC1. The largest absolute Gasteiger partial charge is 0.493 e. The zero-order valence-corrected chi connectivity index (χ0v) is 16.1. The van der Waals surface area contributed by atoms with E-state index in [0.29, 0.717) is 37.2 Å². The number of nitrogens with two attached hydrogens (primary N) is 1. The third-order valence-electron chi connectivity index (χ3n) is 4.42. The van der Waals surface area contributed by atoms with E-state index in [1.165, 1.54) is 0 Å². The summed E-state index contributed by atoms with van der Waals surface area (Å²) in [5.41, 5.74) is 6.00. The number of hydrogen-bond acceptors (Lipinski definition) is 6. The Bertz CT molecular complexity index is 774. The Labute approximate surface area is 159 Å². The smallest absolute Gasteiger partial charge is 0.410 e. The average Bonchev–Trinajstić information content (AvgIpc) is 3.05. The van der Waals surface area contributed by atoms with Crippen molar-refractivity contribution in [3.8, 4) is 17.1 Å². The zero-order chi connectivity index (χ0) is 19.4. The highest BCUT2D eigenvalue weighted by Gasteiger charge is 2.27. The van der Waals surface area contributed by atoms with Gasteiger partial charge in [-0.1, -0.05) is 17.3 Å². The van der Waals surface area contributed by atoms with Crippen molar-refractivity contribution < 1.29 is 18.8 Å². The van der Waals surface area contributed by atoms with Gasteiger partial charge >= 0.3 is 6.09 Å². The summed E-state index contributed by atoms with van der Waals surface area (Å²) in [7, 11) is 0. The van der Waals surface area contributed by atoms with Crippen LogP contribution in [0.15, 0.2) is 34.9 Å². The van der Waals surface area contributed by atoms with E-state index in [1.54, 1.807) is 11.0 Å². The minimum atomic E-state index is -0.467. The summed E-state index contributed by atoms with van der Waals surface area (Å²) >= 11 is 0. The van der Waals surface area contributed by atoms with E-state index in [4.69, 9.17) is 19.7 Å². The third-order valence-corrected chi connectivity index (χ3v) is 4.42. The number of anilines is 1. The number of hydrogen-bond donors (Lipinski definition) is 1. The lowest BCUT2D eigenvalue weighted by Crippen LogP contribution is -2.42. The number of carbonyl (C=O) groups is 1. The molecule has 0 radical (unpaired) electrons. The Morgan fingerprint density at radius 2 is 2.00 bits per heavy atom. The minimum Gasteiger partial charge on any atom is -0.493 e. The molecule has 1 saturated heterocycles. The number of likely N-dealkylation sites (tertiary alicyclic amines) is 1. The molecule has 1 amide bonds. The number of nitrogens with zero attached hydrogens (tertiary/aromatic N) is 2. The molecule has 1 aromatic heterocycles. The molecule has 1 fully saturated rings. The molecule has 27 heavy (non-hydrogen) atoms. The van der Waals surface area contributed by atoms with Gasteiger partial charge in [0.25, 0.3) is 0 Å². The molecule has 1 aromatic carbocycles. The summed E-state index contributed by atoms with van der Waals surface area (Å²) in [6.45, 7) is 7.59. The van der Waals surface area contributed by atoms with Crippen LogP contribution in [0.5, 0.6) is 5.75 Å². The molecule has 0 spiro atoms. The number of aromatic nitrogens is 1. The fourth-order valence-electron chi connectivity index (χ4n) is 3.03. The third kappa shape index (κ3) is 5.15. The first-order valence-electron chi connectivity index (χ1n) is 9.24. The molecule has 1 aliphatic heterocycles. The fourth-order valence-corrected chi connectivity index (χ4v) is 3.03. The summed E-state index contributed by atoms with van der Waals surface area (Å²) in [6, 6.07) is 9.34. The van der Waals surface area contributed by atoms with E-state index < -0.39 is 5.60 Å². The van der Waals surface area contributed by atoms with Crippen molar-refractivity contribution in [2.75, 3.05) is 25.4 Å². The van der Waals surface area contributed by atoms with E-state index in [0.717, 1.165) is 24.2 Å². The summed E-state index contributed by atoms with van der Waals surface area (Å²) in [6.07, 6.45) is 1.53. The van der Waals surface area contributed by atoms with Crippen LogP contribution < -0.4 is 10.5 Å². The maximum absolute atomic E-state index is 12.1. The molecular weight excluding hydrogens is 346 g/mol. The highest BCUT2D eigenvalue weighted by atomic mass is 16.6. The van der Waals surface area contributed by atoms with E-state index in [1.807, 2.05) is 45.0 Å². The van der Waals surface area contributed by atoms with Crippen molar-refractivity contribution >= 4 is 11.9 Å². The van der Waals surface area contributed by atoms with Gasteiger partial charge in [-0.2, -0.15) is 0 Å². The van der Waals surface area contributed by atoms with Crippen molar-refractivity contribution in [2.45, 2.75) is 39.2 Å². The van der Waals surface area contributed by atoms with E-state index in [9.17, 15) is 4.79 Å². The van der Waals surface area contributed by atoms with Crippen molar-refractivity contribution in [2.24, 2.45) is 5.92 Å². The molecule has 7 nitrogen and oxygen atoms in total. The summed E-state index contributed by atoms with van der Waals surface area (Å²) in [4.78, 5) is 13.9. The summed E-state index contributed by atoms with van der Waals surface area (Å²) in [5.74, 6) is 2.05. The Morgan fingerprint density at radius 3 is 2.63 bits per heavy atom. The lowest BCUT2D eigenvalue weighted by atomic mass is 9.98. The van der Waals surface area contributed by atoms with E-state index in [2.05, 4.69) is 5.16 Å². The summed E-state index contributed by atoms with van der Waals surface area (Å²) < 4.78 is 16.7. The second-order valence-corrected chi connectivity index (χ2v) is 7.83. The standard InChI is InChI=1S/C20H27N3O4/c1-20(2,3)26-19(24)23-10-8-14(9-11-23)13-25-16-7-5-4-6-15(16)17-12-18(21)22-27-17/h4-7,12,14H,8-11,13H2,1-3H3,(H2,21,22). The Kier molecular flexibility index (Phi) is 5.58. The highest BCUT2D eigenvalue weighted by Crippen LogP contribution is 2.31. The lowest BCUT2D eigenvalue weighted by molar-refractivity contribution is 0.0165. The van der Waals surface area contributed by atoms with Gasteiger partial charge in [-0.3, -0.25) is 0 Å². The number of carbonyl (C=O) groups excluding carboxylic acids is 1. The molecule has 3 rings (SSSR count). The fraction of sp³-hybridized carbons (Fsp3) is 0.500. The Hall–Kier alpha value is -2.70. The first-order valence-corrected chi connectivity index (χ1v) is 9.24. The highest BCUT2D eigenvalue weighted by molar-refractivity contribution is 5.68. The van der Waals surface area contributed by atoms with Crippen LogP contribution in [0.4, 0.5) is 10.6 Å². The molecule has 2 heterocycles. The van der Waals surface area contributed by atoms with Crippen LogP contribution in [0.3, 0.4) is 0 Å². The normalized spacial score (nSPS) is 15.6. The molecule has 0 aliphatic carbocycles. The molecule has 2 aromatic rings. The number of nitrogen functional groups attached to an aromatic ring is 1. The number of amides is 1. The molecule has 0 unspecified atom stereocenters. The zero-order valence-electron chi connectivity index (χ0n) is 16.1. The monoisotopic (exact) mass is 373 g/mol. The quantitative estimate of drug-likeness (QED) is 0.872. The predicted octanol–water partition coefficient (Wildman–Crippen LogP) is 3.95. The topological polar surface area (TPSA) is 90.8 Å². The minimum absolute atomic E-state index is 0.241. The molecular formula is C20H27N3O4. The number of benzene rings is 1. The molecule has 7 heteroatoms. The van der Waals surface area contributed by atoms with Gasteiger partial charge < -0.3 is 24.6 Å². The van der Waals surface area contributed by atoms with Crippen molar-refractivity contribution in [3.63, 3.8) is 0 Å². The molecule has 146 valence electrons. The predicted molar refractivity (Wildman–Crippen MR) is 102 cm³/mol. The second kappa shape index (κ2) is 7.90. The van der Waals surface area contributed by atoms with Gasteiger partial charge in [0.2, 0.25) is 0 Å². The lowest BCUT2D eigenvalue weighted by Gasteiger charge is -2.33. The van der Waals surface area contributed by atoms with Gasteiger partial charge in [0.05, 0.1) is 12.2 Å². The first-order chi connectivity index (χ1) is 12.8. The van der Waals surface area contributed by atoms with Crippen LogP contribution in [-0.2, 0) is 4.74 Å². The first kappa shape index (κ1) is 19.1. The van der Waals surface area contributed by atoms with Crippen LogP contribution in [-0.4, -0.2) is 41.4 Å². The molecule has 0 saturated carbocycles. The Morgan fingerprint density at radius 1 is 1.30 bits per heavy atom. The van der Waals surface area contributed by atoms with Gasteiger partial charge in [-0.05, 0) is 51.7 Å². The second-order valence-electron chi connectivity index (χ2n) is 7.83. The molecule has 2 N–H and O–H groups in total. The molecule has 0 atom stereocenters. The summed E-state index contributed by atoms with van der Waals surface area (Å²) in [5, 5.41) is 3.73. The van der Waals surface area contributed by atoms with Crippen LogP contribution >= 0.6 is 0 Å². The Balaban J connectivity index is 1.53. The van der Waals surface area contributed by atoms with Crippen LogP contribution in [0.2, 0.25) is 0 Å². The van der Waals surface area contributed by atoms with Gasteiger partial charge in [0, 0.05) is 19.2 Å². The van der Waals surface area contributed by atoms with Crippen molar-refractivity contribution in [3.05, 3.63) is 30.3 Å². The molecule has 0 bridgehead atoms. The van der Waals surface area contributed by atoms with E-state index >= 15 is 0 Å². The van der Waals surface area contributed by atoms with Gasteiger partial charge in [0.15, 0.2) is 11.6 Å². The van der Waals surface area contributed by atoms with Crippen molar-refractivity contribution in [1.29, 1.82) is 0 Å². The van der Waals surface area contributed by atoms with Crippen LogP contribution in [0, 0.1) is 5.92 Å². The van der Waals surface area contributed by atoms with Crippen LogP contribution in [0.1, 0.15) is 33.6 Å². The van der Waals surface area contributed by atoms with Gasteiger partial charge in [-0.15, -0.1) is 0 Å². The van der Waals surface area contributed by atoms with Gasteiger partial charge in [0.1, 0.15) is 11.4 Å². The maximum Gasteiger partial charge on any atom is 0.410 e. The number of ether oxygens (including phenoxy) is 2. The van der Waals surface area contributed by atoms with Crippen LogP contribution in [0.25, 0.3) is 11.3 Å². The van der Waals surface area contributed by atoms with Crippen molar-refractivity contribution in [1.82, 2.24) is 10.1 Å². The maximum atomic E-state index is 12.1. The average molecular weight is 373 g/mol.